The molecule has 1 aliphatic heterocycles. The van der Waals surface area contributed by atoms with Crippen molar-refractivity contribution in [2.45, 2.75) is 19.6 Å². The van der Waals surface area contributed by atoms with Crippen molar-refractivity contribution >= 4 is 14.0 Å². The van der Waals surface area contributed by atoms with Gasteiger partial charge in [0.15, 0.2) is 5.92 Å². The number of hydrogen-bond donors (Lipinski definition) is 0. The lowest BCUT2D eigenvalue weighted by atomic mass is 10.1. The van der Waals surface area contributed by atoms with E-state index >= 15 is 0 Å². The number of ether oxygens (including phenoxy) is 1. The molecular weight excluding hydrogens is 156 g/mol. The minimum atomic E-state index is -1.30. The first kappa shape index (κ1) is 8.34. The van der Waals surface area contributed by atoms with E-state index in [0.29, 0.717) is 6.61 Å². The maximum absolute atomic E-state index is 10.6. The highest BCUT2D eigenvalue weighted by Crippen LogP contribution is 2.11. The van der Waals surface area contributed by atoms with Gasteiger partial charge in [0, 0.05) is 0 Å². The van der Waals surface area contributed by atoms with Gasteiger partial charge in [0.2, 0.25) is 0 Å². The molecule has 1 aliphatic rings. The van der Waals surface area contributed by atoms with Crippen molar-refractivity contribution in [3.8, 4) is 11.5 Å². The third-order valence-corrected chi connectivity index (χ3v) is 2.19. The molecule has 3 heteroatoms. The van der Waals surface area contributed by atoms with Crippen molar-refractivity contribution in [3.63, 3.8) is 0 Å². The molecule has 0 bridgehead atoms. The molecule has 0 spiro atoms. The average molecular weight is 168 g/mol. The van der Waals surface area contributed by atoms with E-state index in [1.54, 1.807) is 0 Å². The van der Waals surface area contributed by atoms with Crippen LogP contribution in [0, 0.1) is 17.4 Å². The van der Waals surface area contributed by atoms with E-state index in [1.165, 1.54) is 0 Å². The van der Waals surface area contributed by atoms with Crippen LogP contribution in [0.2, 0.25) is 19.6 Å². The van der Waals surface area contributed by atoms with Crippen LogP contribution in [-0.2, 0) is 9.53 Å². The molecule has 1 rings (SSSR count). The van der Waals surface area contributed by atoms with Crippen molar-refractivity contribution < 1.29 is 9.53 Å². The third-order valence-electron chi connectivity index (χ3n) is 1.30. The standard InChI is InChI=1S/C8H12O2Si/c1-11(2,3)5-4-7-6-10-8(7)9/h7H,6H2,1-3H3. The Morgan fingerprint density at radius 3 is 2.45 bits per heavy atom. The molecule has 0 saturated carbocycles. The summed E-state index contributed by atoms with van der Waals surface area (Å²) in [6.45, 7) is 6.97. The zero-order valence-electron chi connectivity index (χ0n) is 7.10. The van der Waals surface area contributed by atoms with Crippen LogP contribution < -0.4 is 0 Å². The molecule has 1 heterocycles. The lowest BCUT2D eigenvalue weighted by molar-refractivity contribution is -0.163. The summed E-state index contributed by atoms with van der Waals surface area (Å²) in [6.07, 6.45) is 0. The largest absolute Gasteiger partial charge is 0.463 e. The summed E-state index contributed by atoms with van der Waals surface area (Å²) in [6, 6.07) is 0. The van der Waals surface area contributed by atoms with Crippen LogP contribution in [0.1, 0.15) is 0 Å². The van der Waals surface area contributed by atoms with Crippen LogP contribution >= 0.6 is 0 Å². The maximum atomic E-state index is 10.6. The Hall–Kier alpha value is -0.753. The van der Waals surface area contributed by atoms with E-state index in [1.807, 2.05) is 0 Å². The Balaban J connectivity index is 2.51. The van der Waals surface area contributed by atoms with Gasteiger partial charge in [-0.05, 0) is 0 Å². The molecule has 1 unspecified atom stereocenters. The van der Waals surface area contributed by atoms with Gasteiger partial charge in [-0.3, -0.25) is 4.79 Å². The molecule has 0 N–H and O–H groups in total. The van der Waals surface area contributed by atoms with E-state index in [-0.39, 0.29) is 11.9 Å². The highest BCUT2D eigenvalue weighted by Gasteiger charge is 2.28. The molecule has 1 fully saturated rings. The summed E-state index contributed by atoms with van der Waals surface area (Å²) in [7, 11) is -1.30. The highest BCUT2D eigenvalue weighted by molar-refractivity contribution is 6.83. The quantitative estimate of drug-likeness (QED) is 0.307. The van der Waals surface area contributed by atoms with Gasteiger partial charge in [-0.15, -0.1) is 5.54 Å². The van der Waals surface area contributed by atoms with Crippen molar-refractivity contribution in [1.82, 2.24) is 0 Å². The molecule has 0 aromatic carbocycles. The van der Waals surface area contributed by atoms with Gasteiger partial charge in [0.1, 0.15) is 14.7 Å². The minimum absolute atomic E-state index is 0.123. The number of esters is 1. The van der Waals surface area contributed by atoms with Crippen LogP contribution in [0.4, 0.5) is 0 Å². The summed E-state index contributed by atoms with van der Waals surface area (Å²) in [5, 5.41) is 0. The molecule has 1 saturated heterocycles. The number of carbonyl (C=O) groups is 1. The summed E-state index contributed by atoms with van der Waals surface area (Å²) >= 11 is 0. The maximum Gasteiger partial charge on any atom is 0.324 e. The lowest BCUT2D eigenvalue weighted by Crippen LogP contribution is -2.33. The van der Waals surface area contributed by atoms with Crippen molar-refractivity contribution in [2.75, 3.05) is 6.61 Å². The van der Waals surface area contributed by atoms with Crippen LogP contribution in [0.5, 0.6) is 0 Å². The minimum Gasteiger partial charge on any atom is -0.463 e. The van der Waals surface area contributed by atoms with E-state index in [2.05, 4.69) is 35.8 Å². The zero-order valence-corrected chi connectivity index (χ0v) is 8.10. The van der Waals surface area contributed by atoms with E-state index < -0.39 is 8.07 Å². The van der Waals surface area contributed by atoms with Gasteiger partial charge in [0.05, 0.1) is 0 Å². The van der Waals surface area contributed by atoms with Crippen molar-refractivity contribution in [2.24, 2.45) is 5.92 Å². The molecule has 2 nitrogen and oxygen atoms in total. The number of rotatable bonds is 0. The molecule has 60 valence electrons. The summed E-state index contributed by atoms with van der Waals surface area (Å²) in [4.78, 5) is 10.6. The lowest BCUT2D eigenvalue weighted by Gasteiger charge is -2.19. The first-order valence-corrected chi connectivity index (χ1v) is 7.18. The number of carbonyl (C=O) groups excluding carboxylic acids is 1. The van der Waals surface area contributed by atoms with Crippen LogP contribution in [-0.4, -0.2) is 20.7 Å². The zero-order chi connectivity index (χ0) is 8.48. The second-order valence-corrected chi connectivity index (χ2v) is 8.45. The summed E-state index contributed by atoms with van der Waals surface area (Å²) in [5.41, 5.74) is 3.14. The second-order valence-electron chi connectivity index (χ2n) is 3.70. The SMILES string of the molecule is C[Si](C)(C)C#CC1COC1=O. The van der Waals surface area contributed by atoms with Crippen molar-refractivity contribution in [3.05, 3.63) is 0 Å². The van der Waals surface area contributed by atoms with Crippen molar-refractivity contribution in [1.29, 1.82) is 0 Å². The first-order valence-electron chi connectivity index (χ1n) is 3.68. The van der Waals surface area contributed by atoms with Crippen LogP contribution in [0.15, 0.2) is 0 Å². The fourth-order valence-electron chi connectivity index (χ4n) is 0.639. The smallest absolute Gasteiger partial charge is 0.324 e. The second kappa shape index (κ2) is 2.71. The fourth-order valence-corrected chi connectivity index (χ4v) is 1.25. The first-order chi connectivity index (χ1) is 4.99. The monoisotopic (exact) mass is 168 g/mol. The topological polar surface area (TPSA) is 26.3 Å². The molecule has 0 radical (unpaired) electrons. The predicted molar refractivity (Wildman–Crippen MR) is 45.6 cm³/mol. The normalized spacial score (nSPS) is 22.8. The van der Waals surface area contributed by atoms with Crippen LogP contribution in [0.3, 0.4) is 0 Å². The Morgan fingerprint density at radius 1 is 1.55 bits per heavy atom. The van der Waals surface area contributed by atoms with Gasteiger partial charge in [-0.2, -0.15) is 0 Å². The molecule has 0 aliphatic carbocycles. The van der Waals surface area contributed by atoms with Gasteiger partial charge in [-0.1, -0.05) is 25.6 Å². The predicted octanol–water partition coefficient (Wildman–Crippen LogP) is 1.04. The van der Waals surface area contributed by atoms with Gasteiger partial charge >= 0.3 is 5.97 Å². The molecule has 1 atom stereocenters. The Labute approximate surface area is 67.9 Å². The van der Waals surface area contributed by atoms with E-state index in [9.17, 15) is 4.79 Å². The Kier molecular flexibility index (Phi) is 2.05. The highest BCUT2D eigenvalue weighted by atomic mass is 28.3. The molecule has 0 aromatic rings. The van der Waals surface area contributed by atoms with Crippen LogP contribution in [0.25, 0.3) is 0 Å². The Bertz CT molecular complexity index is 229. The molecule has 11 heavy (non-hydrogen) atoms. The van der Waals surface area contributed by atoms with Gasteiger partial charge in [0.25, 0.3) is 0 Å². The van der Waals surface area contributed by atoms with E-state index in [4.69, 9.17) is 0 Å². The van der Waals surface area contributed by atoms with Gasteiger partial charge in [-0.25, -0.2) is 0 Å². The summed E-state index contributed by atoms with van der Waals surface area (Å²) in [5.74, 6) is 2.67. The fraction of sp³-hybridized carbons (Fsp3) is 0.625. The van der Waals surface area contributed by atoms with Gasteiger partial charge < -0.3 is 4.74 Å². The molecule has 0 aromatic heterocycles. The summed E-state index contributed by atoms with van der Waals surface area (Å²) < 4.78 is 4.58. The number of cyclic esters (lactones) is 1. The average Bonchev–Trinajstić information content (AvgIpc) is 1.82. The third kappa shape index (κ3) is 2.39. The van der Waals surface area contributed by atoms with E-state index in [0.717, 1.165) is 0 Å². The number of hydrogen-bond acceptors (Lipinski definition) is 2. The Morgan fingerprint density at radius 2 is 2.18 bits per heavy atom. The molecular formula is C8H12O2Si. The molecule has 0 amide bonds.